The van der Waals surface area contributed by atoms with Crippen molar-refractivity contribution in [1.29, 1.82) is 0 Å². The molecule has 0 heterocycles. The molecule has 114 valence electrons. The minimum absolute atomic E-state index is 0.0503. The van der Waals surface area contributed by atoms with Crippen LogP contribution < -0.4 is 5.32 Å². The van der Waals surface area contributed by atoms with Gasteiger partial charge >= 0.3 is 0 Å². The van der Waals surface area contributed by atoms with Gasteiger partial charge in [0.2, 0.25) is 0 Å². The van der Waals surface area contributed by atoms with E-state index in [1.54, 1.807) is 0 Å². The van der Waals surface area contributed by atoms with E-state index in [-0.39, 0.29) is 18.1 Å². The van der Waals surface area contributed by atoms with E-state index >= 15 is 0 Å². The molecule has 3 heteroatoms. The van der Waals surface area contributed by atoms with Crippen LogP contribution in [0.2, 0.25) is 0 Å². The Labute approximate surface area is 127 Å². The van der Waals surface area contributed by atoms with E-state index in [4.69, 9.17) is 5.11 Å². The number of amides is 1. The molecule has 3 nitrogen and oxygen atoms in total. The van der Waals surface area contributed by atoms with Gasteiger partial charge in [0, 0.05) is 16.7 Å². The van der Waals surface area contributed by atoms with E-state index in [2.05, 4.69) is 37.9 Å². The van der Waals surface area contributed by atoms with Gasteiger partial charge in [-0.1, -0.05) is 38.7 Å². The molecule has 0 saturated heterocycles. The van der Waals surface area contributed by atoms with Crippen LogP contribution in [0.3, 0.4) is 0 Å². The molecular weight excluding hydrogens is 262 g/mol. The topological polar surface area (TPSA) is 49.3 Å². The molecule has 0 atom stereocenters. The minimum Gasteiger partial charge on any atom is -0.384 e. The van der Waals surface area contributed by atoms with Crippen molar-refractivity contribution in [2.75, 3.05) is 6.61 Å². The van der Waals surface area contributed by atoms with Crippen molar-refractivity contribution in [2.24, 2.45) is 0 Å². The van der Waals surface area contributed by atoms with Gasteiger partial charge in [-0.2, -0.15) is 0 Å². The Kier molecular flexibility index (Phi) is 6.45. The summed E-state index contributed by atoms with van der Waals surface area (Å²) in [6.07, 6.45) is 2.73. The molecule has 0 aliphatic carbocycles. The average Bonchev–Trinajstić information content (AvgIpc) is 2.51. The lowest BCUT2D eigenvalue weighted by atomic mass is 9.89. The second-order valence-corrected chi connectivity index (χ2v) is 5.23. The Morgan fingerprint density at radius 1 is 1.24 bits per heavy atom. The lowest BCUT2D eigenvalue weighted by molar-refractivity contribution is 0.0887. The van der Waals surface area contributed by atoms with Gasteiger partial charge in [-0.25, -0.2) is 0 Å². The zero-order chi connectivity index (χ0) is 15.9. The third kappa shape index (κ3) is 4.09. The Morgan fingerprint density at radius 3 is 2.38 bits per heavy atom. The Bertz CT molecular complexity index is 540. The minimum atomic E-state index is -0.180. The number of carbonyl (C=O) groups is 1. The van der Waals surface area contributed by atoms with Crippen LogP contribution in [0.5, 0.6) is 0 Å². The number of aliphatic hydroxyl groups is 1. The molecule has 0 saturated carbocycles. The zero-order valence-corrected chi connectivity index (χ0v) is 13.4. The van der Waals surface area contributed by atoms with Crippen LogP contribution >= 0.6 is 0 Å². The number of hydrogen-bond acceptors (Lipinski definition) is 2. The fourth-order valence-corrected chi connectivity index (χ4v) is 2.48. The van der Waals surface area contributed by atoms with Gasteiger partial charge in [0.05, 0.1) is 0 Å². The summed E-state index contributed by atoms with van der Waals surface area (Å²) in [5, 5.41) is 12.0. The molecule has 1 aromatic rings. The van der Waals surface area contributed by atoms with Gasteiger partial charge in [0.25, 0.3) is 5.91 Å². The van der Waals surface area contributed by atoms with Crippen molar-refractivity contribution in [3.05, 3.63) is 34.9 Å². The van der Waals surface area contributed by atoms with Gasteiger partial charge in [-0.3, -0.25) is 4.79 Å². The SMILES string of the molecule is CCC(CC)(CC)NC(=O)c1cccc(C#CCO)c1C. The predicted molar refractivity (Wildman–Crippen MR) is 86.2 cm³/mol. The highest BCUT2D eigenvalue weighted by atomic mass is 16.2. The van der Waals surface area contributed by atoms with Crippen LogP contribution in [-0.2, 0) is 0 Å². The number of benzene rings is 1. The van der Waals surface area contributed by atoms with E-state index in [1.807, 2.05) is 25.1 Å². The summed E-state index contributed by atoms with van der Waals surface area (Å²) in [4.78, 5) is 12.6. The van der Waals surface area contributed by atoms with Crippen LogP contribution in [0.25, 0.3) is 0 Å². The molecule has 1 rings (SSSR count). The third-order valence-corrected chi connectivity index (χ3v) is 4.29. The molecule has 0 aliphatic heterocycles. The zero-order valence-electron chi connectivity index (χ0n) is 13.4. The molecule has 0 spiro atoms. The fraction of sp³-hybridized carbons (Fsp3) is 0.500. The summed E-state index contributed by atoms with van der Waals surface area (Å²) < 4.78 is 0. The molecule has 0 radical (unpaired) electrons. The summed E-state index contributed by atoms with van der Waals surface area (Å²) in [7, 11) is 0. The number of rotatable bonds is 5. The van der Waals surface area contributed by atoms with Crippen molar-refractivity contribution >= 4 is 5.91 Å². The van der Waals surface area contributed by atoms with E-state index in [1.165, 1.54) is 0 Å². The first kappa shape index (κ1) is 17.3. The van der Waals surface area contributed by atoms with E-state index in [0.29, 0.717) is 5.56 Å². The van der Waals surface area contributed by atoms with Crippen LogP contribution in [0.1, 0.15) is 61.5 Å². The van der Waals surface area contributed by atoms with Crippen molar-refractivity contribution in [3.8, 4) is 11.8 Å². The number of nitrogens with one attached hydrogen (secondary N) is 1. The monoisotopic (exact) mass is 287 g/mol. The second-order valence-electron chi connectivity index (χ2n) is 5.23. The fourth-order valence-electron chi connectivity index (χ4n) is 2.48. The van der Waals surface area contributed by atoms with Gasteiger partial charge in [0.15, 0.2) is 0 Å². The third-order valence-electron chi connectivity index (χ3n) is 4.29. The summed E-state index contributed by atoms with van der Waals surface area (Å²) in [6, 6.07) is 5.51. The summed E-state index contributed by atoms with van der Waals surface area (Å²) >= 11 is 0. The molecular formula is C18H25NO2. The summed E-state index contributed by atoms with van der Waals surface area (Å²) in [6.45, 7) is 8.01. The van der Waals surface area contributed by atoms with Crippen molar-refractivity contribution in [2.45, 2.75) is 52.5 Å². The number of carbonyl (C=O) groups excluding carboxylic acids is 1. The number of aliphatic hydroxyl groups excluding tert-OH is 1. The lowest BCUT2D eigenvalue weighted by Crippen LogP contribution is -2.47. The highest BCUT2D eigenvalue weighted by Gasteiger charge is 2.26. The molecule has 0 fully saturated rings. The first-order valence-electron chi connectivity index (χ1n) is 7.55. The van der Waals surface area contributed by atoms with Crippen molar-refractivity contribution in [1.82, 2.24) is 5.32 Å². The molecule has 1 amide bonds. The maximum absolute atomic E-state index is 12.6. The molecule has 2 N–H and O–H groups in total. The first-order valence-corrected chi connectivity index (χ1v) is 7.55. The van der Waals surface area contributed by atoms with Gasteiger partial charge in [0.1, 0.15) is 6.61 Å². The lowest BCUT2D eigenvalue weighted by Gasteiger charge is -2.32. The largest absolute Gasteiger partial charge is 0.384 e. The Balaban J connectivity index is 3.08. The van der Waals surface area contributed by atoms with Crippen LogP contribution in [-0.4, -0.2) is 23.2 Å². The maximum atomic E-state index is 12.6. The molecule has 0 aliphatic rings. The molecule has 0 bridgehead atoms. The Morgan fingerprint density at radius 2 is 1.86 bits per heavy atom. The molecule has 0 unspecified atom stereocenters. The summed E-state index contributed by atoms with van der Waals surface area (Å²) in [5.74, 6) is 5.46. The molecule has 0 aromatic heterocycles. The van der Waals surface area contributed by atoms with Gasteiger partial charge in [-0.15, -0.1) is 0 Å². The number of hydrogen-bond donors (Lipinski definition) is 2. The quantitative estimate of drug-likeness (QED) is 0.818. The average molecular weight is 287 g/mol. The van der Waals surface area contributed by atoms with Crippen LogP contribution in [0, 0.1) is 18.8 Å². The van der Waals surface area contributed by atoms with Crippen LogP contribution in [0.15, 0.2) is 18.2 Å². The highest BCUT2D eigenvalue weighted by molar-refractivity contribution is 5.96. The standard InChI is InChI=1S/C18H25NO2/c1-5-18(6-2,7-3)19-17(21)16-12-8-10-15(14(16)4)11-9-13-20/h8,10,12,20H,5-7,13H2,1-4H3,(H,19,21). The van der Waals surface area contributed by atoms with E-state index < -0.39 is 0 Å². The summed E-state index contributed by atoms with van der Waals surface area (Å²) in [5.41, 5.74) is 2.15. The van der Waals surface area contributed by atoms with Gasteiger partial charge < -0.3 is 10.4 Å². The van der Waals surface area contributed by atoms with E-state index in [9.17, 15) is 4.79 Å². The molecule has 1 aromatic carbocycles. The van der Waals surface area contributed by atoms with Crippen LogP contribution in [0.4, 0.5) is 0 Å². The second kappa shape index (κ2) is 7.85. The first-order chi connectivity index (χ1) is 10.0. The van der Waals surface area contributed by atoms with E-state index in [0.717, 1.165) is 30.4 Å². The Hall–Kier alpha value is -1.79. The van der Waals surface area contributed by atoms with Crippen molar-refractivity contribution < 1.29 is 9.90 Å². The predicted octanol–water partition coefficient (Wildman–Crippen LogP) is 3.04. The highest BCUT2D eigenvalue weighted by Crippen LogP contribution is 2.21. The van der Waals surface area contributed by atoms with Gasteiger partial charge in [-0.05, 0) is 43.9 Å². The normalized spacial score (nSPS) is 10.7. The van der Waals surface area contributed by atoms with Crippen molar-refractivity contribution in [3.63, 3.8) is 0 Å². The molecule has 21 heavy (non-hydrogen) atoms. The maximum Gasteiger partial charge on any atom is 0.252 e. The smallest absolute Gasteiger partial charge is 0.252 e.